The molecule has 1 aliphatic heterocycles. The smallest absolute Gasteiger partial charge is 0.266 e. The van der Waals surface area contributed by atoms with Crippen LogP contribution in [0.25, 0.3) is 0 Å². The minimum Gasteiger partial charge on any atom is -0.494 e. The number of amides is 1. The number of benzene rings is 4. The molecule has 0 aliphatic carbocycles. The molecule has 0 aromatic heterocycles. The molecule has 5 rings (SSSR count). The number of aliphatic hydroxyl groups is 1. The second-order valence-corrected chi connectivity index (χ2v) is 10.6. The fourth-order valence-electron chi connectivity index (χ4n) is 4.78. The summed E-state index contributed by atoms with van der Waals surface area (Å²) in [6, 6.07) is 34.9. The zero-order valence-electron chi connectivity index (χ0n) is 22.5. The summed E-state index contributed by atoms with van der Waals surface area (Å²) in [6.07, 6.45) is 0.179. The molecule has 0 saturated carbocycles. The summed E-state index contributed by atoms with van der Waals surface area (Å²) < 4.78 is 13.1. The van der Waals surface area contributed by atoms with Crippen LogP contribution >= 0.6 is 15.9 Å². The lowest BCUT2D eigenvalue weighted by atomic mass is 9.82. The Morgan fingerprint density at radius 1 is 0.902 bits per heavy atom. The maximum Gasteiger partial charge on any atom is 0.266 e. The largest absolute Gasteiger partial charge is 0.494 e. The minimum atomic E-state index is -1.31. The van der Waals surface area contributed by atoms with Crippen LogP contribution in [-0.4, -0.2) is 35.7 Å². The number of hydrogen-bond acceptors (Lipinski definition) is 6. The Bertz CT molecular complexity index is 1470. The molecule has 1 amide bonds. The molecule has 1 aliphatic rings. The van der Waals surface area contributed by atoms with E-state index in [0.717, 1.165) is 26.7 Å². The quantitative estimate of drug-likeness (QED) is 0.144. The molecule has 2 atom stereocenters. The Morgan fingerprint density at radius 3 is 2.24 bits per heavy atom. The van der Waals surface area contributed by atoms with Gasteiger partial charge in [-0.15, -0.1) is 0 Å². The monoisotopic (exact) mass is 613 g/mol. The van der Waals surface area contributed by atoms with E-state index in [9.17, 15) is 4.79 Å². The van der Waals surface area contributed by atoms with Crippen LogP contribution in [0.4, 0.5) is 0 Å². The van der Waals surface area contributed by atoms with Gasteiger partial charge in [-0.05, 0) is 41.5 Å². The third kappa shape index (κ3) is 6.85. The number of aliphatic imine (C=N–C) groups is 1. The molecule has 7 nitrogen and oxygen atoms in total. The highest BCUT2D eigenvalue weighted by Gasteiger charge is 2.53. The summed E-state index contributed by atoms with van der Waals surface area (Å²) in [5.74, 6) is 0.764. The van der Waals surface area contributed by atoms with Gasteiger partial charge in [0, 0.05) is 41.6 Å². The molecular weight excluding hydrogens is 582 g/mol. The SMILES string of the molecule is O=C(NNCc1ccccc1)[C@@]1(Cc2ccccc2)N=C(c2ccc(OCCCO)cc2)O[C@H]1c1ccccc1Br. The second-order valence-electron chi connectivity index (χ2n) is 9.77. The number of nitrogens with zero attached hydrogens (tertiary/aromatic N) is 1. The molecule has 0 unspecified atom stereocenters. The Morgan fingerprint density at radius 2 is 1.56 bits per heavy atom. The molecule has 0 saturated heterocycles. The van der Waals surface area contributed by atoms with Gasteiger partial charge < -0.3 is 14.6 Å². The van der Waals surface area contributed by atoms with E-state index in [4.69, 9.17) is 19.6 Å². The van der Waals surface area contributed by atoms with Crippen molar-refractivity contribution >= 4 is 27.7 Å². The lowest BCUT2D eigenvalue weighted by Crippen LogP contribution is -2.53. The summed E-state index contributed by atoms with van der Waals surface area (Å²) in [7, 11) is 0. The number of aliphatic hydroxyl groups excluding tert-OH is 1. The lowest BCUT2D eigenvalue weighted by Gasteiger charge is -2.31. The number of rotatable bonds is 12. The van der Waals surface area contributed by atoms with Crippen molar-refractivity contribution in [3.05, 3.63) is 136 Å². The van der Waals surface area contributed by atoms with Crippen molar-refractivity contribution in [2.24, 2.45) is 4.99 Å². The van der Waals surface area contributed by atoms with Gasteiger partial charge in [-0.1, -0.05) is 94.8 Å². The predicted molar refractivity (Wildman–Crippen MR) is 162 cm³/mol. The third-order valence-electron chi connectivity index (χ3n) is 6.87. The van der Waals surface area contributed by atoms with Crippen molar-refractivity contribution in [2.75, 3.05) is 13.2 Å². The van der Waals surface area contributed by atoms with Gasteiger partial charge in [-0.2, -0.15) is 0 Å². The average molecular weight is 615 g/mol. The van der Waals surface area contributed by atoms with Gasteiger partial charge >= 0.3 is 0 Å². The van der Waals surface area contributed by atoms with Gasteiger partial charge in [0.2, 0.25) is 5.90 Å². The zero-order valence-corrected chi connectivity index (χ0v) is 24.1. The molecule has 1 heterocycles. The van der Waals surface area contributed by atoms with Gasteiger partial charge in [0.05, 0.1) is 6.61 Å². The summed E-state index contributed by atoms with van der Waals surface area (Å²) in [5.41, 5.74) is 8.28. The maximum absolute atomic E-state index is 14.2. The first-order valence-corrected chi connectivity index (χ1v) is 14.3. The van der Waals surface area contributed by atoms with E-state index in [1.54, 1.807) is 0 Å². The number of halogens is 1. The van der Waals surface area contributed by atoms with E-state index >= 15 is 0 Å². The van der Waals surface area contributed by atoms with E-state index in [2.05, 4.69) is 26.8 Å². The van der Waals surface area contributed by atoms with Crippen molar-refractivity contribution in [3.63, 3.8) is 0 Å². The maximum atomic E-state index is 14.2. The fourth-order valence-corrected chi connectivity index (χ4v) is 5.28. The van der Waals surface area contributed by atoms with Crippen LogP contribution in [0.1, 0.15) is 34.8 Å². The van der Waals surface area contributed by atoms with E-state index in [0.29, 0.717) is 37.6 Å². The van der Waals surface area contributed by atoms with Crippen LogP contribution in [0.2, 0.25) is 0 Å². The van der Waals surface area contributed by atoms with Gasteiger partial charge in [0.1, 0.15) is 5.75 Å². The van der Waals surface area contributed by atoms with E-state index < -0.39 is 11.6 Å². The van der Waals surface area contributed by atoms with Crippen molar-refractivity contribution in [1.82, 2.24) is 10.9 Å². The second kappa shape index (κ2) is 13.6. The number of nitrogens with one attached hydrogen (secondary N) is 2. The Hall–Kier alpha value is -3.98. The normalized spacial score (nSPS) is 17.9. The number of hydrazine groups is 1. The van der Waals surface area contributed by atoms with Crippen LogP contribution in [0, 0.1) is 0 Å². The third-order valence-corrected chi connectivity index (χ3v) is 7.59. The van der Waals surface area contributed by atoms with E-state index in [1.807, 2.05) is 109 Å². The van der Waals surface area contributed by atoms with E-state index in [1.165, 1.54) is 0 Å². The summed E-state index contributed by atoms with van der Waals surface area (Å²) in [6.45, 7) is 0.960. The first-order chi connectivity index (χ1) is 20.1. The predicted octanol–water partition coefficient (Wildman–Crippen LogP) is 5.53. The van der Waals surface area contributed by atoms with Crippen molar-refractivity contribution in [1.29, 1.82) is 0 Å². The number of ether oxygens (including phenoxy) is 2. The van der Waals surface area contributed by atoms with Crippen LogP contribution in [0.15, 0.2) is 119 Å². The molecule has 41 heavy (non-hydrogen) atoms. The summed E-state index contributed by atoms with van der Waals surface area (Å²) in [4.78, 5) is 19.3. The molecule has 0 spiro atoms. The molecule has 210 valence electrons. The number of carbonyl (C=O) groups is 1. The summed E-state index contributed by atoms with van der Waals surface area (Å²) >= 11 is 3.68. The van der Waals surface area contributed by atoms with Gasteiger partial charge in [-0.3, -0.25) is 10.2 Å². The van der Waals surface area contributed by atoms with E-state index in [-0.39, 0.29) is 12.5 Å². The van der Waals surface area contributed by atoms with Crippen molar-refractivity contribution in [3.8, 4) is 5.75 Å². The molecule has 0 radical (unpaired) electrons. The molecule has 8 heteroatoms. The Kier molecular flexibility index (Phi) is 9.46. The highest BCUT2D eigenvalue weighted by molar-refractivity contribution is 9.10. The highest BCUT2D eigenvalue weighted by atomic mass is 79.9. The average Bonchev–Trinajstić information content (AvgIpc) is 3.39. The van der Waals surface area contributed by atoms with Gasteiger partial charge in [0.25, 0.3) is 5.91 Å². The highest BCUT2D eigenvalue weighted by Crippen LogP contribution is 2.44. The molecule has 3 N–H and O–H groups in total. The summed E-state index contributed by atoms with van der Waals surface area (Å²) in [5, 5.41) is 9.03. The zero-order chi connectivity index (χ0) is 28.5. The first kappa shape index (κ1) is 28.5. The molecule has 0 bridgehead atoms. The van der Waals surface area contributed by atoms with Crippen LogP contribution in [0.3, 0.4) is 0 Å². The van der Waals surface area contributed by atoms with Gasteiger partial charge in [0.15, 0.2) is 11.6 Å². The standard InChI is InChI=1S/C33H32BrN3O4/c34-29-15-8-7-14-28(29)30-33(22-24-10-3-1-4-11-24,32(39)37-35-23-25-12-5-2-6-13-25)36-31(41-30)26-16-18-27(19-17-26)40-21-9-20-38/h1-8,10-19,30,35,38H,9,20-23H2,(H,37,39)/t30-,33-/m0/s1. The molecular formula is C33H32BrN3O4. The molecule has 0 fully saturated rings. The molecule has 4 aromatic rings. The van der Waals surface area contributed by atoms with Crippen LogP contribution in [-0.2, 0) is 22.5 Å². The Balaban J connectivity index is 1.51. The number of carbonyl (C=O) groups excluding carboxylic acids is 1. The number of hydrogen-bond donors (Lipinski definition) is 3. The van der Waals surface area contributed by atoms with Crippen LogP contribution in [0.5, 0.6) is 5.75 Å². The fraction of sp³-hybridized carbons (Fsp3) is 0.212. The lowest BCUT2D eigenvalue weighted by molar-refractivity contribution is -0.130. The van der Waals surface area contributed by atoms with Gasteiger partial charge in [-0.25, -0.2) is 10.4 Å². The first-order valence-electron chi connectivity index (χ1n) is 13.6. The Labute approximate surface area is 248 Å². The minimum absolute atomic E-state index is 0.0743. The van der Waals surface area contributed by atoms with Crippen LogP contribution < -0.4 is 15.6 Å². The molecule has 4 aromatic carbocycles. The van der Waals surface area contributed by atoms with Crippen molar-refractivity contribution in [2.45, 2.75) is 31.0 Å². The topological polar surface area (TPSA) is 92.2 Å². The van der Waals surface area contributed by atoms with Crippen molar-refractivity contribution < 1.29 is 19.4 Å².